The van der Waals surface area contributed by atoms with E-state index in [0.29, 0.717) is 43.1 Å². The van der Waals surface area contributed by atoms with Crippen molar-refractivity contribution in [2.75, 3.05) is 46.5 Å². The SMILES string of the molecule is COc1ccc(/C(O)=C2/C(=O)C(=O)N(CCCN3CCOCC3)C2c2ccc(F)cc2)cc1. The minimum Gasteiger partial charge on any atom is -0.507 e. The van der Waals surface area contributed by atoms with Crippen LogP contribution in [0.5, 0.6) is 5.75 Å². The number of amides is 1. The third kappa shape index (κ3) is 4.91. The van der Waals surface area contributed by atoms with Crippen molar-refractivity contribution in [3.05, 3.63) is 71.0 Å². The highest BCUT2D eigenvalue weighted by Crippen LogP contribution is 2.39. The predicted octanol–water partition coefficient (Wildman–Crippen LogP) is 2.98. The number of likely N-dealkylation sites (tertiary alicyclic amines) is 1. The van der Waals surface area contributed by atoms with Gasteiger partial charge in [0.25, 0.3) is 11.7 Å². The summed E-state index contributed by atoms with van der Waals surface area (Å²) in [5, 5.41) is 11.0. The molecule has 1 amide bonds. The highest BCUT2D eigenvalue weighted by atomic mass is 19.1. The van der Waals surface area contributed by atoms with Crippen LogP contribution in [-0.2, 0) is 14.3 Å². The van der Waals surface area contributed by atoms with E-state index in [1.165, 1.54) is 24.1 Å². The summed E-state index contributed by atoms with van der Waals surface area (Å²) in [5.74, 6) is -1.49. The number of benzene rings is 2. The van der Waals surface area contributed by atoms with E-state index in [-0.39, 0.29) is 11.3 Å². The van der Waals surface area contributed by atoms with Crippen molar-refractivity contribution in [1.82, 2.24) is 9.80 Å². The summed E-state index contributed by atoms with van der Waals surface area (Å²) in [6, 6.07) is 11.5. The molecular weight excluding hydrogens is 427 g/mol. The molecule has 33 heavy (non-hydrogen) atoms. The Morgan fingerprint density at radius 2 is 1.73 bits per heavy atom. The van der Waals surface area contributed by atoms with Gasteiger partial charge in [-0.3, -0.25) is 14.5 Å². The van der Waals surface area contributed by atoms with Gasteiger partial charge in [0.15, 0.2) is 0 Å². The zero-order valence-corrected chi connectivity index (χ0v) is 18.5. The number of halogens is 1. The number of morpholine rings is 1. The molecule has 0 aliphatic carbocycles. The van der Waals surface area contributed by atoms with Gasteiger partial charge in [-0.05, 0) is 48.4 Å². The Balaban J connectivity index is 1.65. The first-order chi connectivity index (χ1) is 16.0. The lowest BCUT2D eigenvalue weighted by atomic mass is 9.95. The van der Waals surface area contributed by atoms with E-state index in [1.807, 2.05) is 0 Å². The monoisotopic (exact) mass is 454 g/mol. The number of ether oxygens (including phenoxy) is 2. The summed E-state index contributed by atoms with van der Waals surface area (Å²) in [4.78, 5) is 29.8. The molecule has 0 spiro atoms. The number of hydrogen-bond donors (Lipinski definition) is 1. The molecule has 0 aromatic heterocycles. The van der Waals surface area contributed by atoms with Gasteiger partial charge in [-0.25, -0.2) is 4.39 Å². The number of ketones is 1. The Morgan fingerprint density at radius 1 is 1.06 bits per heavy atom. The smallest absolute Gasteiger partial charge is 0.295 e. The molecule has 7 nitrogen and oxygen atoms in total. The lowest BCUT2D eigenvalue weighted by molar-refractivity contribution is -0.140. The molecule has 0 radical (unpaired) electrons. The molecule has 1 unspecified atom stereocenters. The second-order valence-electron chi connectivity index (χ2n) is 8.08. The van der Waals surface area contributed by atoms with E-state index in [9.17, 15) is 19.1 Å². The molecule has 2 heterocycles. The van der Waals surface area contributed by atoms with Gasteiger partial charge in [0, 0.05) is 31.7 Å². The van der Waals surface area contributed by atoms with E-state index >= 15 is 0 Å². The molecule has 2 fully saturated rings. The van der Waals surface area contributed by atoms with Crippen LogP contribution in [0.1, 0.15) is 23.6 Å². The fraction of sp³-hybridized carbons (Fsp3) is 0.360. The first kappa shape index (κ1) is 22.9. The average Bonchev–Trinajstić information content (AvgIpc) is 3.10. The predicted molar refractivity (Wildman–Crippen MR) is 120 cm³/mol. The number of methoxy groups -OCH3 is 1. The van der Waals surface area contributed by atoms with Gasteiger partial charge in [0.05, 0.1) is 31.9 Å². The van der Waals surface area contributed by atoms with Gasteiger partial charge < -0.3 is 19.5 Å². The largest absolute Gasteiger partial charge is 0.507 e. The van der Waals surface area contributed by atoms with E-state index in [0.717, 1.165) is 19.6 Å². The zero-order valence-electron chi connectivity index (χ0n) is 18.5. The van der Waals surface area contributed by atoms with Crippen LogP contribution in [0, 0.1) is 5.82 Å². The number of nitrogens with zero attached hydrogens (tertiary/aromatic N) is 2. The number of rotatable bonds is 7. The van der Waals surface area contributed by atoms with Gasteiger partial charge in [-0.1, -0.05) is 12.1 Å². The minimum atomic E-state index is -0.794. The van der Waals surface area contributed by atoms with Crippen LogP contribution in [0.25, 0.3) is 5.76 Å². The molecule has 0 bridgehead atoms. The zero-order chi connectivity index (χ0) is 23.4. The van der Waals surface area contributed by atoms with Crippen LogP contribution < -0.4 is 4.74 Å². The van der Waals surface area contributed by atoms with Crippen LogP contribution in [0.3, 0.4) is 0 Å². The number of carbonyl (C=O) groups excluding carboxylic acids is 2. The van der Waals surface area contributed by atoms with Crippen molar-refractivity contribution >= 4 is 17.4 Å². The normalized spacial score (nSPS) is 20.9. The fourth-order valence-electron chi connectivity index (χ4n) is 4.30. The van der Waals surface area contributed by atoms with Gasteiger partial charge >= 0.3 is 0 Å². The lowest BCUT2D eigenvalue weighted by Crippen LogP contribution is -2.38. The van der Waals surface area contributed by atoms with Crippen molar-refractivity contribution < 1.29 is 28.6 Å². The summed E-state index contributed by atoms with van der Waals surface area (Å²) < 4.78 is 24.1. The van der Waals surface area contributed by atoms with Crippen LogP contribution in [0.15, 0.2) is 54.1 Å². The molecule has 4 rings (SSSR count). The third-order valence-electron chi connectivity index (χ3n) is 6.07. The topological polar surface area (TPSA) is 79.3 Å². The van der Waals surface area contributed by atoms with E-state index in [2.05, 4.69) is 4.90 Å². The Kier molecular flexibility index (Phi) is 7.05. The molecule has 0 saturated carbocycles. The maximum absolute atomic E-state index is 13.6. The first-order valence-electron chi connectivity index (χ1n) is 11.0. The van der Waals surface area contributed by atoms with E-state index < -0.39 is 23.5 Å². The average molecular weight is 454 g/mol. The molecule has 8 heteroatoms. The molecule has 2 saturated heterocycles. The maximum atomic E-state index is 13.6. The van der Waals surface area contributed by atoms with Gasteiger partial charge in [-0.2, -0.15) is 0 Å². The highest BCUT2D eigenvalue weighted by Gasteiger charge is 2.45. The standard InChI is InChI=1S/C25H27FN2O5/c1-32-20-9-5-18(6-10-20)23(29)21-22(17-3-7-19(26)8-4-17)28(25(31)24(21)30)12-2-11-27-13-15-33-16-14-27/h3-10,22,29H,2,11-16H2,1H3/b23-21-. The number of Topliss-reactive ketones (excluding diaryl/α,β-unsaturated/α-hetero) is 1. The summed E-state index contributed by atoms with van der Waals surface area (Å²) in [5.41, 5.74) is 0.967. The first-order valence-corrected chi connectivity index (χ1v) is 11.0. The number of carbonyl (C=O) groups is 2. The molecular formula is C25H27FN2O5. The van der Waals surface area contributed by atoms with Gasteiger partial charge in [0.2, 0.25) is 0 Å². The quantitative estimate of drug-likeness (QED) is 0.394. The van der Waals surface area contributed by atoms with Gasteiger partial charge in [0.1, 0.15) is 17.3 Å². The van der Waals surface area contributed by atoms with Crippen molar-refractivity contribution in [3.8, 4) is 5.75 Å². The second-order valence-corrected chi connectivity index (χ2v) is 8.08. The minimum absolute atomic E-state index is 0.00291. The molecule has 2 aromatic rings. The second kappa shape index (κ2) is 10.1. The van der Waals surface area contributed by atoms with E-state index in [1.54, 1.807) is 36.4 Å². The number of hydrogen-bond acceptors (Lipinski definition) is 6. The molecule has 2 aliphatic rings. The van der Waals surface area contributed by atoms with Crippen molar-refractivity contribution in [1.29, 1.82) is 0 Å². The Labute approximate surface area is 192 Å². The maximum Gasteiger partial charge on any atom is 0.295 e. The fourth-order valence-corrected chi connectivity index (χ4v) is 4.30. The van der Waals surface area contributed by atoms with Crippen LogP contribution in [-0.4, -0.2) is 73.1 Å². The molecule has 1 N–H and O–H groups in total. The van der Waals surface area contributed by atoms with Crippen LogP contribution in [0.4, 0.5) is 4.39 Å². The Bertz CT molecular complexity index is 1030. The highest BCUT2D eigenvalue weighted by molar-refractivity contribution is 6.46. The Hall–Kier alpha value is -3.23. The summed E-state index contributed by atoms with van der Waals surface area (Å²) in [6.45, 7) is 4.13. The third-order valence-corrected chi connectivity index (χ3v) is 6.07. The van der Waals surface area contributed by atoms with Gasteiger partial charge in [-0.15, -0.1) is 0 Å². The lowest BCUT2D eigenvalue weighted by Gasteiger charge is -2.29. The van der Waals surface area contributed by atoms with Crippen molar-refractivity contribution in [2.45, 2.75) is 12.5 Å². The molecule has 2 aromatic carbocycles. The number of aliphatic hydroxyl groups excluding tert-OH is 1. The van der Waals surface area contributed by atoms with Crippen LogP contribution >= 0.6 is 0 Å². The van der Waals surface area contributed by atoms with Crippen LogP contribution in [0.2, 0.25) is 0 Å². The van der Waals surface area contributed by atoms with E-state index in [4.69, 9.17) is 9.47 Å². The summed E-state index contributed by atoms with van der Waals surface area (Å²) >= 11 is 0. The molecule has 2 aliphatic heterocycles. The molecule has 174 valence electrons. The number of aliphatic hydroxyl groups is 1. The summed E-state index contributed by atoms with van der Waals surface area (Å²) in [7, 11) is 1.53. The van der Waals surface area contributed by atoms with Crippen molar-refractivity contribution in [3.63, 3.8) is 0 Å². The Morgan fingerprint density at radius 3 is 2.36 bits per heavy atom. The molecule has 1 atom stereocenters. The van der Waals surface area contributed by atoms with Crippen molar-refractivity contribution in [2.24, 2.45) is 0 Å². The summed E-state index contributed by atoms with van der Waals surface area (Å²) in [6.07, 6.45) is 0.660.